The molecule has 528 valence electrons. The van der Waals surface area contributed by atoms with E-state index in [1.54, 1.807) is 0 Å². The predicted octanol–water partition coefficient (Wildman–Crippen LogP) is 19.8. The van der Waals surface area contributed by atoms with Gasteiger partial charge in [0.25, 0.3) is 0 Å². The van der Waals surface area contributed by atoms with Crippen LogP contribution in [0.3, 0.4) is 0 Å². The van der Waals surface area contributed by atoms with Gasteiger partial charge in [-0.2, -0.15) is 0 Å². The summed E-state index contributed by atoms with van der Waals surface area (Å²) in [5.74, 6) is 0.141. The summed E-state index contributed by atoms with van der Waals surface area (Å²) < 4.78 is 68.2. The van der Waals surface area contributed by atoms with E-state index >= 15 is 0 Å². The van der Waals surface area contributed by atoms with Crippen molar-refractivity contribution in [1.82, 2.24) is 0 Å². The monoisotopic (exact) mass is 1310 g/mol. The number of rotatable bonds is 68. The van der Waals surface area contributed by atoms with Gasteiger partial charge in [-0.3, -0.25) is 37.3 Å². The summed E-state index contributed by atoms with van der Waals surface area (Å²) in [4.78, 5) is 72.4. The molecule has 0 bridgehead atoms. The zero-order valence-electron chi connectivity index (χ0n) is 57.9. The average molecular weight is 1310 g/mol. The molecule has 0 aliphatic carbocycles. The van der Waals surface area contributed by atoms with Crippen molar-refractivity contribution in [3.8, 4) is 0 Å². The Kier molecular flexibility index (Phi) is 59.6. The molecule has 0 saturated heterocycles. The summed E-state index contributed by atoms with van der Waals surface area (Å²) in [5.41, 5.74) is 0. The van der Waals surface area contributed by atoms with Crippen molar-refractivity contribution in [2.75, 3.05) is 39.6 Å². The van der Waals surface area contributed by atoms with Gasteiger partial charge in [-0.1, -0.05) is 299 Å². The van der Waals surface area contributed by atoms with E-state index in [0.29, 0.717) is 31.6 Å². The third-order valence-corrected chi connectivity index (χ3v) is 18.4. The Hall–Kier alpha value is -1.94. The normalized spacial score (nSPS) is 14.5. The molecule has 0 aliphatic heterocycles. The molecule has 17 nitrogen and oxygen atoms in total. The highest BCUT2D eigenvalue weighted by atomic mass is 31.2. The summed E-state index contributed by atoms with van der Waals surface area (Å²) in [6.07, 6.45) is 44.5. The first-order chi connectivity index (χ1) is 42.8. The number of carbonyl (C=O) groups is 4. The fourth-order valence-electron chi connectivity index (χ4n) is 10.5. The van der Waals surface area contributed by atoms with Crippen LogP contribution in [0.5, 0.6) is 0 Å². The summed E-state index contributed by atoms with van der Waals surface area (Å²) in [6.45, 7) is 11.8. The zero-order valence-corrected chi connectivity index (χ0v) is 59.7. The van der Waals surface area contributed by atoms with Gasteiger partial charge < -0.3 is 33.8 Å². The number of hydrogen-bond acceptors (Lipinski definition) is 15. The maximum absolute atomic E-state index is 13.0. The Morgan fingerprint density at radius 1 is 0.326 bits per heavy atom. The Morgan fingerprint density at radius 3 is 0.854 bits per heavy atom. The molecule has 0 rings (SSSR count). The van der Waals surface area contributed by atoms with Gasteiger partial charge >= 0.3 is 39.5 Å². The van der Waals surface area contributed by atoms with E-state index in [-0.39, 0.29) is 25.7 Å². The SMILES string of the molecule is CCCCCCCCCCCCC(=O)O[C@H](COC(=O)CCCCCCCCC(C)C)COP(=O)(O)OC[C@H](O)COP(=O)(O)OC[C@@H](COC(=O)CCCCCCCCCCCC(C)C)OC(=O)CCCCCCCCCCCCCCCCC(C)CC. The molecule has 89 heavy (non-hydrogen) atoms. The topological polar surface area (TPSA) is 237 Å². The molecular weight excluding hydrogens is 1170 g/mol. The van der Waals surface area contributed by atoms with Crippen molar-refractivity contribution >= 4 is 39.5 Å². The zero-order chi connectivity index (χ0) is 65.9. The van der Waals surface area contributed by atoms with Crippen LogP contribution in [-0.2, 0) is 65.4 Å². The number of aliphatic hydroxyl groups is 1. The minimum atomic E-state index is -4.95. The van der Waals surface area contributed by atoms with Gasteiger partial charge in [-0.05, 0) is 43.4 Å². The summed E-state index contributed by atoms with van der Waals surface area (Å²) in [6, 6.07) is 0. The van der Waals surface area contributed by atoms with Gasteiger partial charge in [-0.25, -0.2) is 9.13 Å². The first kappa shape index (κ1) is 87.1. The van der Waals surface area contributed by atoms with E-state index in [9.17, 15) is 43.2 Å². The number of phosphoric acid groups is 2. The van der Waals surface area contributed by atoms with Crippen LogP contribution in [0.15, 0.2) is 0 Å². The molecule has 3 N–H and O–H groups in total. The first-order valence-electron chi connectivity index (χ1n) is 36.4. The predicted molar refractivity (Wildman–Crippen MR) is 358 cm³/mol. The average Bonchev–Trinajstić information content (AvgIpc) is 3.70. The number of hydrogen-bond donors (Lipinski definition) is 3. The lowest BCUT2D eigenvalue weighted by atomic mass is 9.99. The first-order valence-corrected chi connectivity index (χ1v) is 39.4. The van der Waals surface area contributed by atoms with Crippen molar-refractivity contribution in [3.05, 3.63) is 0 Å². The highest BCUT2D eigenvalue weighted by molar-refractivity contribution is 7.47. The second-order valence-corrected chi connectivity index (χ2v) is 29.4. The van der Waals surface area contributed by atoms with Crippen molar-refractivity contribution in [3.63, 3.8) is 0 Å². The highest BCUT2D eigenvalue weighted by Crippen LogP contribution is 2.45. The standard InChI is InChI=1S/C70H136O17P2/c1-8-10-11-12-13-14-24-30-39-46-53-69(74)87-66(58-81-68(73)52-45-38-33-32-35-42-49-62(5)6)60-85-89(78,79)83-56-64(71)55-82-88(76,77)84-59-65(57-80-67(72)51-44-37-29-26-21-22-27-34-41-48-61(3)4)86-70(75)54-47-40-31-25-20-18-16-15-17-19-23-28-36-43-50-63(7)9-2/h61-66,71H,8-60H2,1-7H3,(H,76,77)(H,78,79)/t63?,64-,65-,66-/m1/s1. The number of esters is 4. The molecule has 3 unspecified atom stereocenters. The van der Waals surface area contributed by atoms with E-state index < -0.39 is 97.5 Å². The van der Waals surface area contributed by atoms with Crippen molar-refractivity contribution in [1.29, 1.82) is 0 Å². The van der Waals surface area contributed by atoms with Crippen LogP contribution in [0.25, 0.3) is 0 Å². The molecule has 6 atom stereocenters. The molecule has 0 amide bonds. The van der Waals surface area contributed by atoms with Crippen LogP contribution in [0.2, 0.25) is 0 Å². The van der Waals surface area contributed by atoms with Gasteiger partial charge in [0, 0.05) is 25.7 Å². The van der Waals surface area contributed by atoms with Crippen LogP contribution in [-0.4, -0.2) is 96.7 Å². The van der Waals surface area contributed by atoms with Crippen molar-refractivity contribution in [2.24, 2.45) is 17.8 Å². The fraction of sp³-hybridized carbons (Fsp3) is 0.943. The third-order valence-electron chi connectivity index (χ3n) is 16.5. The molecule has 0 fully saturated rings. The van der Waals surface area contributed by atoms with E-state index in [4.69, 9.17) is 37.0 Å². The van der Waals surface area contributed by atoms with E-state index in [2.05, 4.69) is 48.5 Å². The number of phosphoric ester groups is 2. The second-order valence-electron chi connectivity index (χ2n) is 26.5. The number of ether oxygens (including phenoxy) is 4. The summed E-state index contributed by atoms with van der Waals surface area (Å²) in [7, 11) is -9.90. The van der Waals surface area contributed by atoms with Gasteiger partial charge in [0.1, 0.15) is 19.3 Å². The van der Waals surface area contributed by atoms with E-state index in [1.165, 1.54) is 154 Å². The Bertz CT molecular complexity index is 1750. The van der Waals surface area contributed by atoms with Crippen LogP contribution in [0, 0.1) is 17.8 Å². The smallest absolute Gasteiger partial charge is 0.462 e. The molecule has 0 saturated carbocycles. The lowest BCUT2D eigenvalue weighted by Crippen LogP contribution is -2.30. The van der Waals surface area contributed by atoms with Crippen molar-refractivity contribution in [2.45, 2.75) is 369 Å². The van der Waals surface area contributed by atoms with Crippen LogP contribution < -0.4 is 0 Å². The maximum Gasteiger partial charge on any atom is 0.472 e. The molecule has 0 heterocycles. The van der Waals surface area contributed by atoms with Crippen LogP contribution in [0.4, 0.5) is 0 Å². The second kappa shape index (κ2) is 61.0. The quantitative estimate of drug-likeness (QED) is 0.0222. The Morgan fingerprint density at radius 2 is 0.573 bits per heavy atom. The number of carbonyl (C=O) groups excluding carboxylic acids is 4. The Balaban J connectivity index is 5.22. The summed E-state index contributed by atoms with van der Waals surface area (Å²) in [5, 5.41) is 10.6. The third kappa shape index (κ3) is 63.2. The van der Waals surface area contributed by atoms with E-state index in [0.717, 1.165) is 108 Å². The minimum absolute atomic E-state index is 0.105. The van der Waals surface area contributed by atoms with Gasteiger partial charge in [0.05, 0.1) is 26.4 Å². The maximum atomic E-state index is 13.0. The lowest BCUT2D eigenvalue weighted by Gasteiger charge is -2.21. The molecular formula is C70H136O17P2. The van der Waals surface area contributed by atoms with Crippen molar-refractivity contribution < 1.29 is 80.2 Å². The summed E-state index contributed by atoms with van der Waals surface area (Å²) >= 11 is 0. The molecule has 0 aromatic rings. The molecule has 0 spiro atoms. The van der Waals surface area contributed by atoms with Crippen LogP contribution >= 0.6 is 15.6 Å². The highest BCUT2D eigenvalue weighted by Gasteiger charge is 2.30. The molecule has 0 aromatic heterocycles. The number of unbranched alkanes of at least 4 members (excludes halogenated alkanes) is 35. The van der Waals surface area contributed by atoms with Gasteiger partial charge in [-0.15, -0.1) is 0 Å². The molecule has 0 radical (unpaired) electrons. The Labute approximate surface area is 543 Å². The molecule has 19 heteroatoms. The minimum Gasteiger partial charge on any atom is -0.462 e. The van der Waals surface area contributed by atoms with E-state index in [1.807, 2.05) is 0 Å². The van der Waals surface area contributed by atoms with Gasteiger partial charge in [0.2, 0.25) is 0 Å². The van der Waals surface area contributed by atoms with Crippen LogP contribution in [0.1, 0.15) is 350 Å². The fourth-order valence-corrected chi connectivity index (χ4v) is 12.1. The largest absolute Gasteiger partial charge is 0.472 e. The molecule has 0 aliphatic rings. The molecule has 0 aromatic carbocycles. The van der Waals surface area contributed by atoms with Gasteiger partial charge in [0.15, 0.2) is 12.2 Å². The number of aliphatic hydroxyl groups excluding tert-OH is 1. The lowest BCUT2D eigenvalue weighted by molar-refractivity contribution is -0.161.